The first-order valence-corrected chi connectivity index (χ1v) is 15.3. The molecule has 2 rings (SSSR count). The van der Waals surface area contributed by atoms with Gasteiger partial charge in [-0.1, -0.05) is 52.0 Å². The lowest BCUT2D eigenvalue weighted by molar-refractivity contribution is -0.131. The molecule has 0 aromatic rings. The number of hydrogen-bond donors (Lipinski definition) is 5. The Morgan fingerprint density at radius 3 is 2.26 bits per heavy atom. The van der Waals surface area contributed by atoms with Gasteiger partial charge in [0.2, 0.25) is 11.8 Å². The molecular formula is C26H48N4O7S. The van der Waals surface area contributed by atoms with E-state index in [9.17, 15) is 28.2 Å². The topological polar surface area (TPSA) is 157 Å². The summed E-state index contributed by atoms with van der Waals surface area (Å²) in [4.78, 5) is 26.2. The lowest BCUT2D eigenvalue weighted by atomic mass is 9.82. The van der Waals surface area contributed by atoms with Gasteiger partial charge in [0.25, 0.3) is 10.2 Å². The van der Waals surface area contributed by atoms with Crippen molar-refractivity contribution in [1.82, 2.24) is 19.7 Å². The van der Waals surface area contributed by atoms with Gasteiger partial charge in [0, 0.05) is 13.1 Å². The van der Waals surface area contributed by atoms with E-state index in [2.05, 4.69) is 21.9 Å². The number of rotatable bonds is 15. The van der Waals surface area contributed by atoms with Crippen LogP contribution in [0.2, 0.25) is 0 Å². The predicted molar refractivity (Wildman–Crippen MR) is 145 cm³/mol. The van der Waals surface area contributed by atoms with Gasteiger partial charge in [-0.05, 0) is 38.0 Å². The Morgan fingerprint density at radius 2 is 1.68 bits per heavy atom. The largest absolute Gasteiger partial charge is 0.390 e. The fourth-order valence-electron chi connectivity index (χ4n) is 5.07. The minimum absolute atomic E-state index is 0.112. The second-order valence-corrected chi connectivity index (χ2v) is 12.7. The second kappa shape index (κ2) is 15.9. The van der Waals surface area contributed by atoms with Crippen molar-refractivity contribution in [3.05, 3.63) is 12.7 Å². The molecule has 11 nitrogen and oxygen atoms in total. The number of nitrogens with zero attached hydrogens (tertiary/aromatic N) is 1. The molecule has 0 spiro atoms. The van der Waals surface area contributed by atoms with Gasteiger partial charge in [0.15, 0.2) is 0 Å². The fourth-order valence-corrected chi connectivity index (χ4v) is 6.41. The Morgan fingerprint density at radius 1 is 1.05 bits per heavy atom. The quantitative estimate of drug-likeness (QED) is 0.186. The number of ether oxygens (including phenoxy) is 1. The summed E-state index contributed by atoms with van der Waals surface area (Å²) in [5.41, 5.74) is 0. The van der Waals surface area contributed by atoms with Gasteiger partial charge in [0.05, 0.1) is 31.4 Å². The van der Waals surface area contributed by atoms with Crippen molar-refractivity contribution in [1.29, 1.82) is 0 Å². The molecule has 0 radical (unpaired) electrons. The highest BCUT2D eigenvalue weighted by molar-refractivity contribution is 7.87. The molecule has 0 bridgehead atoms. The van der Waals surface area contributed by atoms with Gasteiger partial charge in [0.1, 0.15) is 12.1 Å². The first kappa shape index (κ1) is 32.6. The van der Waals surface area contributed by atoms with Crippen LogP contribution >= 0.6 is 0 Å². The Bertz CT molecular complexity index is 858. The molecule has 1 aliphatic carbocycles. The van der Waals surface area contributed by atoms with E-state index in [1.807, 2.05) is 13.8 Å². The van der Waals surface area contributed by atoms with E-state index in [0.717, 1.165) is 25.7 Å². The van der Waals surface area contributed by atoms with Gasteiger partial charge >= 0.3 is 0 Å². The van der Waals surface area contributed by atoms with Gasteiger partial charge in [-0.3, -0.25) is 9.59 Å². The Hall–Kier alpha value is -1.57. The number of morpholine rings is 1. The summed E-state index contributed by atoms with van der Waals surface area (Å²) >= 11 is 0. The van der Waals surface area contributed by atoms with Gasteiger partial charge < -0.3 is 25.6 Å². The summed E-state index contributed by atoms with van der Waals surface area (Å²) < 4.78 is 34.0. The third-order valence-corrected chi connectivity index (χ3v) is 8.92. The predicted octanol–water partition coefficient (Wildman–Crippen LogP) is 0.826. The van der Waals surface area contributed by atoms with Crippen molar-refractivity contribution in [2.45, 2.75) is 102 Å². The van der Waals surface area contributed by atoms with Crippen LogP contribution in [0.3, 0.4) is 0 Å². The average molecular weight is 561 g/mol. The first-order valence-electron chi connectivity index (χ1n) is 13.9. The van der Waals surface area contributed by atoms with E-state index in [-0.39, 0.29) is 38.6 Å². The number of hydrogen-bond acceptors (Lipinski definition) is 7. The van der Waals surface area contributed by atoms with Crippen LogP contribution in [0.1, 0.15) is 72.1 Å². The van der Waals surface area contributed by atoms with E-state index in [1.54, 1.807) is 0 Å². The molecule has 1 saturated heterocycles. The molecular weight excluding hydrogens is 512 g/mol. The number of aliphatic hydroxyl groups is 2. The molecule has 1 saturated carbocycles. The van der Waals surface area contributed by atoms with Crippen LogP contribution in [0.4, 0.5) is 0 Å². The van der Waals surface area contributed by atoms with Crippen LogP contribution in [0, 0.1) is 11.8 Å². The van der Waals surface area contributed by atoms with E-state index in [1.165, 1.54) is 23.7 Å². The van der Waals surface area contributed by atoms with Crippen molar-refractivity contribution in [3.8, 4) is 0 Å². The number of carbonyl (C=O) groups is 2. The summed E-state index contributed by atoms with van der Waals surface area (Å²) in [5.74, 6) is -0.677. The van der Waals surface area contributed by atoms with Crippen LogP contribution in [-0.2, 0) is 24.5 Å². The number of nitrogens with one attached hydrogen (secondary N) is 3. The van der Waals surface area contributed by atoms with Crippen LogP contribution in [0.5, 0.6) is 0 Å². The highest BCUT2D eigenvalue weighted by Crippen LogP contribution is 2.29. The standard InChI is InChI=1S/C26H48N4O7S/c1-5-9-21(27-25(33)19(4)29-38(35,36)30-12-14-37-15-13-30)26(34)28-22(17-20-10-7-6-8-11-20)24(32)23(31)16-18(2)3/h5,18-24,29,31-32H,1,6-17H2,2-4H3,(H,27,33)(H,28,34)/t19-,21+,22+,23+,24-/m1/s1. The Kier molecular flexibility index (Phi) is 13.6. The molecule has 1 heterocycles. The zero-order valence-corrected chi connectivity index (χ0v) is 23.9. The SMILES string of the molecule is C=CC[C@H](NC(=O)[C@@H](C)NS(=O)(=O)N1CCOCC1)C(=O)N[C@@H](CC1CCCCC1)[C@@H](O)[C@@H](O)CC(C)C. The maximum atomic E-state index is 13.3. The van der Waals surface area contributed by atoms with Crippen LogP contribution in [0.25, 0.3) is 0 Å². The van der Waals surface area contributed by atoms with Crippen molar-refractivity contribution in [3.63, 3.8) is 0 Å². The third-order valence-electron chi connectivity index (χ3n) is 7.22. The number of carbonyl (C=O) groups excluding carboxylic acids is 2. The molecule has 1 aliphatic heterocycles. The highest BCUT2D eigenvalue weighted by Gasteiger charge is 2.34. The van der Waals surface area contributed by atoms with Crippen LogP contribution < -0.4 is 15.4 Å². The lowest BCUT2D eigenvalue weighted by Crippen LogP contribution is -2.58. The summed E-state index contributed by atoms with van der Waals surface area (Å²) in [5, 5.41) is 27.1. The zero-order chi connectivity index (χ0) is 28.3. The van der Waals surface area contributed by atoms with E-state index in [4.69, 9.17) is 4.74 Å². The second-order valence-electron chi connectivity index (χ2n) is 11.0. The van der Waals surface area contributed by atoms with Crippen molar-refractivity contribution < 1.29 is 33.0 Å². The Labute approximate surface area is 227 Å². The van der Waals surface area contributed by atoms with E-state index >= 15 is 0 Å². The van der Waals surface area contributed by atoms with Crippen molar-refractivity contribution in [2.75, 3.05) is 26.3 Å². The molecule has 0 aromatic carbocycles. The van der Waals surface area contributed by atoms with Gasteiger partial charge in [-0.15, -0.1) is 6.58 Å². The fraction of sp³-hybridized carbons (Fsp3) is 0.846. The number of aliphatic hydroxyl groups excluding tert-OH is 2. The highest BCUT2D eigenvalue weighted by atomic mass is 32.2. The molecule has 5 atom stereocenters. The molecule has 220 valence electrons. The molecule has 2 fully saturated rings. The van der Waals surface area contributed by atoms with Crippen molar-refractivity contribution in [2.24, 2.45) is 11.8 Å². The molecule has 5 N–H and O–H groups in total. The number of amides is 2. The van der Waals surface area contributed by atoms with Crippen molar-refractivity contribution >= 4 is 22.0 Å². The van der Waals surface area contributed by atoms with Gasteiger partial charge in [-0.2, -0.15) is 17.4 Å². The van der Waals surface area contributed by atoms with E-state index < -0.39 is 52.4 Å². The van der Waals surface area contributed by atoms with Gasteiger partial charge in [-0.25, -0.2) is 0 Å². The molecule has 38 heavy (non-hydrogen) atoms. The van der Waals surface area contributed by atoms with Crippen LogP contribution in [-0.4, -0.2) is 91.4 Å². The minimum Gasteiger partial charge on any atom is -0.390 e. The minimum atomic E-state index is -3.90. The molecule has 12 heteroatoms. The smallest absolute Gasteiger partial charge is 0.280 e. The third kappa shape index (κ3) is 10.5. The Balaban J connectivity index is 2.07. The molecule has 2 aliphatic rings. The molecule has 2 amide bonds. The molecule has 0 aromatic heterocycles. The normalized spacial score (nSPS) is 21.7. The summed E-state index contributed by atoms with van der Waals surface area (Å²) in [6.45, 7) is 9.94. The van der Waals surface area contributed by atoms with E-state index in [0.29, 0.717) is 18.8 Å². The zero-order valence-electron chi connectivity index (χ0n) is 23.1. The first-order chi connectivity index (χ1) is 17.9. The average Bonchev–Trinajstić information content (AvgIpc) is 2.88. The monoisotopic (exact) mass is 560 g/mol. The summed E-state index contributed by atoms with van der Waals surface area (Å²) in [6.07, 6.45) is 5.78. The maximum absolute atomic E-state index is 13.3. The lowest BCUT2D eigenvalue weighted by Gasteiger charge is -2.33. The van der Waals surface area contributed by atoms with Crippen LogP contribution in [0.15, 0.2) is 12.7 Å². The summed E-state index contributed by atoms with van der Waals surface area (Å²) in [6, 6.07) is -2.82. The summed E-state index contributed by atoms with van der Waals surface area (Å²) in [7, 11) is -3.90. The maximum Gasteiger partial charge on any atom is 0.280 e. The molecule has 0 unspecified atom stereocenters.